The van der Waals surface area contributed by atoms with Gasteiger partial charge >= 0.3 is 5.97 Å². The number of nitrogens with one attached hydrogen (secondary N) is 1. The largest absolute Gasteiger partial charge is 0.458 e. The van der Waals surface area contributed by atoms with Crippen LogP contribution in [-0.4, -0.2) is 51.0 Å². The molecule has 10 nitrogen and oxygen atoms in total. The van der Waals surface area contributed by atoms with E-state index in [1.807, 2.05) is 0 Å². The van der Waals surface area contributed by atoms with Gasteiger partial charge in [-0.1, -0.05) is 6.92 Å². The van der Waals surface area contributed by atoms with E-state index in [-0.39, 0.29) is 67.1 Å². The average Bonchev–Trinajstić information content (AvgIpc) is 3.75. The summed E-state index contributed by atoms with van der Waals surface area (Å²) in [5, 5.41) is 24.5. The molecule has 2 aromatic heterocycles. The zero-order valence-electron chi connectivity index (χ0n) is 23.5. The summed E-state index contributed by atoms with van der Waals surface area (Å²) in [4.78, 5) is 44.7. The highest BCUT2D eigenvalue weighted by atomic mass is 19.1. The topological polar surface area (TPSA) is 140 Å². The first-order chi connectivity index (χ1) is 20.2. The number of halogens is 1. The lowest BCUT2D eigenvalue weighted by molar-refractivity contribution is -0.172. The molecule has 0 saturated heterocycles. The van der Waals surface area contributed by atoms with Crippen LogP contribution in [0.25, 0.3) is 22.3 Å². The van der Waals surface area contributed by atoms with Crippen LogP contribution in [-0.2, 0) is 44.2 Å². The van der Waals surface area contributed by atoms with Crippen molar-refractivity contribution in [3.63, 3.8) is 0 Å². The van der Waals surface area contributed by atoms with E-state index in [2.05, 4.69) is 5.32 Å². The van der Waals surface area contributed by atoms with Gasteiger partial charge in [0.2, 0.25) is 5.91 Å². The zero-order valence-corrected chi connectivity index (χ0v) is 23.5. The van der Waals surface area contributed by atoms with Gasteiger partial charge in [-0.25, -0.2) is 14.2 Å². The number of aliphatic hydroxyl groups is 2. The van der Waals surface area contributed by atoms with Gasteiger partial charge in [0.1, 0.15) is 18.5 Å². The third kappa shape index (κ3) is 3.86. The molecule has 11 heteroatoms. The Kier molecular flexibility index (Phi) is 6.27. The maximum atomic E-state index is 15.1. The quantitative estimate of drug-likeness (QED) is 0.285. The first-order valence-electron chi connectivity index (χ1n) is 14.5. The van der Waals surface area contributed by atoms with Gasteiger partial charge in [-0.2, -0.15) is 0 Å². The maximum absolute atomic E-state index is 15.1. The second kappa shape index (κ2) is 9.68. The van der Waals surface area contributed by atoms with Gasteiger partial charge in [0.25, 0.3) is 5.56 Å². The van der Waals surface area contributed by atoms with E-state index >= 15 is 4.39 Å². The molecule has 1 unspecified atom stereocenters. The first kappa shape index (κ1) is 27.2. The number of hydrogen-bond acceptors (Lipinski definition) is 8. The van der Waals surface area contributed by atoms with Gasteiger partial charge in [-0.3, -0.25) is 9.59 Å². The Balaban J connectivity index is 1.40. The molecule has 3 aromatic rings. The molecule has 1 aromatic carbocycles. The number of ether oxygens (including phenoxy) is 2. The van der Waals surface area contributed by atoms with Crippen LogP contribution < -0.4 is 10.9 Å². The van der Waals surface area contributed by atoms with Crippen LogP contribution in [0.15, 0.2) is 16.9 Å². The van der Waals surface area contributed by atoms with E-state index in [4.69, 9.17) is 14.5 Å². The number of benzene rings is 1. The molecule has 3 N–H and O–H groups in total. The highest BCUT2D eigenvalue weighted by Crippen LogP contribution is 2.46. The number of carbonyl (C=O) groups excluding carboxylic acids is 2. The van der Waals surface area contributed by atoms with Gasteiger partial charge in [0, 0.05) is 22.6 Å². The minimum Gasteiger partial charge on any atom is -0.458 e. The number of carbonyl (C=O) groups is 2. The number of nitrogens with zero attached hydrogens (tertiary/aromatic N) is 2. The van der Waals surface area contributed by atoms with Crippen molar-refractivity contribution >= 4 is 22.8 Å². The zero-order chi connectivity index (χ0) is 29.5. The van der Waals surface area contributed by atoms with E-state index in [9.17, 15) is 24.6 Å². The smallest absolute Gasteiger partial charge is 0.343 e. The van der Waals surface area contributed by atoms with Crippen LogP contribution in [0, 0.1) is 18.7 Å². The maximum Gasteiger partial charge on any atom is 0.343 e. The Morgan fingerprint density at radius 3 is 2.76 bits per heavy atom. The van der Waals surface area contributed by atoms with Crippen molar-refractivity contribution in [2.24, 2.45) is 5.92 Å². The molecule has 220 valence electrons. The van der Waals surface area contributed by atoms with Crippen molar-refractivity contribution in [1.29, 1.82) is 0 Å². The molecule has 1 amide bonds. The third-order valence-corrected chi connectivity index (χ3v) is 9.39. The highest BCUT2D eigenvalue weighted by Gasteiger charge is 2.46. The van der Waals surface area contributed by atoms with E-state index < -0.39 is 23.7 Å². The molecule has 2 aliphatic heterocycles. The minimum absolute atomic E-state index is 0.0213. The number of esters is 1. The van der Waals surface area contributed by atoms with Crippen LogP contribution in [0.1, 0.15) is 72.0 Å². The number of pyridine rings is 2. The number of cyclic esters (lactones) is 1. The molecule has 42 heavy (non-hydrogen) atoms. The summed E-state index contributed by atoms with van der Waals surface area (Å²) in [5.41, 5.74) is 2.27. The lowest BCUT2D eigenvalue weighted by Gasteiger charge is -2.31. The summed E-state index contributed by atoms with van der Waals surface area (Å²) in [6.45, 7) is 3.19. The minimum atomic E-state index is -1.96. The number of amides is 1. The second-order valence-electron chi connectivity index (χ2n) is 11.8. The lowest BCUT2D eigenvalue weighted by Crippen LogP contribution is -2.44. The fraction of sp³-hybridized carbons (Fsp3) is 0.484. The SMILES string of the molecule is CC[C@@]1(O)C(=O)OCc2c1cc1n(c2=O)Cc2c-1nc1cc(F)c(C)c3c1c2[C@@H](NC(=O)C(OCCO)C1CC1)CC3. The standard InChI is InChI=1S/C31H32FN3O7/c1-3-31(40)19-10-23-26-17(12-35(23)29(38)18(19)13-42-30(31)39)25-21(34-28(37)27(15-4-5-15)41-9-8-36)7-6-16-14(2)20(32)11-22(33-26)24(16)25/h10-11,15,21,27,36,40H,3-9,12-13H2,1-2H3,(H,34,37)/t21-,27?,31-/m0/s1. The first-order valence-corrected chi connectivity index (χ1v) is 14.5. The molecule has 0 radical (unpaired) electrons. The Labute approximate surface area is 240 Å². The van der Waals surface area contributed by atoms with Crippen molar-refractivity contribution in [3.05, 3.63) is 61.7 Å². The van der Waals surface area contributed by atoms with Crippen molar-refractivity contribution in [3.8, 4) is 11.4 Å². The number of aryl methyl sites for hydroxylation is 1. The molecule has 0 bridgehead atoms. The summed E-state index contributed by atoms with van der Waals surface area (Å²) >= 11 is 0. The van der Waals surface area contributed by atoms with Gasteiger partial charge in [0.15, 0.2) is 5.60 Å². The van der Waals surface area contributed by atoms with E-state index in [1.165, 1.54) is 6.07 Å². The molecule has 0 spiro atoms. The fourth-order valence-corrected chi connectivity index (χ4v) is 6.96. The predicted octanol–water partition coefficient (Wildman–Crippen LogP) is 2.42. The third-order valence-electron chi connectivity index (χ3n) is 9.39. The average molecular weight is 578 g/mol. The molecule has 1 fully saturated rings. The summed E-state index contributed by atoms with van der Waals surface area (Å²) in [7, 11) is 0. The Bertz CT molecular complexity index is 1750. The fourth-order valence-electron chi connectivity index (χ4n) is 6.96. The van der Waals surface area contributed by atoms with Gasteiger partial charge in [0.05, 0.1) is 48.3 Å². The number of fused-ring (bicyclic) bond motifs is 5. The number of aliphatic hydroxyl groups excluding tert-OH is 1. The number of hydrogen-bond donors (Lipinski definition) is 3. The van der Waals surface area contributed by atoms with Crippen LogP contribution >= 0.6 is 0 Å². The van der Waals surface area contributed by atoms with Crippen LogP contribution in [0.2, 0.25) is 0 Å². The van der Waals surface area contributed by atoms with Crippen molar-refractivity contribution in [2.45, 2.75) is 76.9 Å². The van der Waals surface area contributed by atoms with Gasteiger partial charge < -0.3 is 29.6 Å². The van der Waals surface area contributed by atoms with E-state index in [1.54, 1.807) is 24.5 Å². The predicted molar refractivity (Wildman–Crippen MR) is 148 cm³/mol. The molecule has 1 saturated carbocycles. The Morgan fingerprint density at radius 2 is 2.05 bits per heavy atom. The Morgan fingerprint density at radius 1 is 1.26 bits per heavy atom. The molecular formula is C31H32FN3O7. The van der Waals surface area contributed by atoms with Crippen LogP contribution in [0.5, 0.6) is 0 Å². The normalized spacial score (nSPS) is 22.8. The molecule has 4 aliphatic rings. The Hall–Kier alpha value is -3.67. The van der Waals surface area contributed by atoms with Crippen LogP contribution in [0.3, 0.4) is 0 Å². The van der Waals surface area contributed by atoms with Crippen molar-refractivity contribution in [1.82, 2.24) is 14.9 Å². The summed E-state index contributed by atoms with van der Waals surface area (Å²) in [5.74, 6) is -1.35. The highest BCUT2D eigenvalue weighted by molar-refractivity contribution is 5.94. The molecule has 3 atom stereocenters. The monoisotopic (exact) mass is 577 g/mol. The summed E-state index contributed by atoms with van der Waals surface area (Å²) < 4.78 is 27.6. The molecular weight excluding hydrogens is 545 g/mol. The second-order valence-corrected chi connectivity index (χ2v) is 11.8. The lowest BCUT2D eigenvalue weighted by atomic mass is 9.81. The van der Waals surface area contributed by atoms with E-state index in [0.29, 0.717) is 35.3 Å². The van der Waals surface area contributed by atoms with E-state index in [0.717, 1.165) is 34.9 Å². The van der Waals surface area contributed by atoms with Gasteiger partial charge in [-0.15, -0.1) is 0 Å². The molecule has 2 aliphatic carbocycles. The molecule has 4 heterocycles. The number of rotatable bonds is 7. The van der Waals surface area contributed by atoms with Crippen molar-refractivity contribution in [2.75, 3.05) is 13.2 Å². The summed E-state index contributed by atoms with van der Waals surface area (Å²) in [6.07, 6.45) is 2.16. The van der Waals surface area contributed by atoms with Crippen LogP contribution in [0.4, 0.5) is 4.39 Å². The van der Waals surface area contributed by atoms with Gasteiger partial charge in [-0.05, 0) is 67.7 Å². The number of aromatic nitrogens is 2. The van der Waals surface area contributed by atoms with Crippen molar-refractivity contribution < 1.29 is 33.7 Å². The molecule has 7 rings (SSSR count). The summed E-state index contributed by atoms with van der Waals surface area (Å²) in [6, 6.07) is 2.58.